The highest BCUT2D eigenvalue weighted by molar-refractivity contribution is 5.99. The van der Waals surface area contributed by atoms with Crippen molar-refractivity contribution < 1.29 is 18.7 Å². The van der Waals surface area contributed by atoms with Crippen LogP contribution in [0.3, 0.4) is 0 Å². The molecule has 7 nitrogen and oxygen atoms in total. The van der Waals surface area contributed by atoms with E-state index in [1.807, 2.05) is 35.0 Å². The highest BCUT2D eigenvalue weighted by atomic mass is 19.1. The van der Waals surface area contributed by atoms with Crippen LogP contribution in [-0.2, 0) is 20.8 Å². The molecule has 3 heterocycles. The Kier molecular flexibility index (Phi) is 7.47. The second kappa shape index (κ2) is 11.5. The molecule has 0 spiro atoms. The maximum absolute atomic E-state index is 14.7. The smallest absolute Gasteiger partial charge is 0.258 e. The van der Waals surface area contributed by atoms with Gasteiger partial charge in [0.2, 0.25) is 0 Å². The minimum absolute atomic E-state index is 0.0398. The molecule has 0 radical (unpaired) electrons. The molecular formula is C32H31FN4O3. The van der Waals surface area contributed by atoms with Crippen LogP contribution in [0, 0.1) is 17.2 Å². The summed E-state index contributed by atoms with van der Waals surface area (Å²) in [5.41, 5.74) is 4.39. The van der Waals surface area contributed by atoms with Gasteiger partial charge in [0.25, 0.3) is 5.91 Å². The quantitative estimate of drug-likeness (QED) is 0.446. The van der Waals surface area contributed by atoms with Gasteiger partial charge in [-0.15, -0.1) is 0 Å². The largest absolute Gasteiger partial charge is 0.481 e. The number of carbonyl (C=O) groups is 1. The van der Waals surface area contributed by atoms with E-state index in [-0.39, 0.29) is 12.1 Å². The number of amides is 1. The van der Waals surface area contributed by atoms with Crippen LogP contribution in [0.15, 0.2) is 95.7 Å². The van der Waals surface area contributed by atoms with Crippen molar-refractivity contribution in [1.82, 2.24) is 14.7 Å². The standard InChI is InChI=1S/C32H31FN4O3/c33-26-8-5-7-25(20-34)31(26)40-28-9-2-1-6-24-16-18-36(32(38)30(24)28)21-22-11-13-23(14-12-22)27-15-17-35-37(27)29-10-3-4-19-39-29/h1,5-9,11-15,17,25,29,31H,2-4,10,16,18-19,21H2. The number of aromatic nitrogens is 2. The van der Waals surface area contributed by atoms with Crippen molar-refractivity contribution in [3.63, 3.8) is 0 Å². The van der Waals surface area contributed by atoms with Gasteiger partial charge in [0.15, 0.2) is 12.3 Å². The van der Waals surface area contributed by atoms with Crippen molar-refractivity contribution in [2.24, 2.45) is 5.92 Å². The zero-order chi connectivity index (χ0) is 27.5. The zero-order valence-electron chi connectivity index (χ0n) is 22.2. The molecule has 2 aromatic rings. The summed E-state index contributed by atoms with van der Waals surface area (Å²) < 4.78 is 28.6. The van der Waals surface area contributed by atoms with Crippen LogP contribution in [0.2, 0.25) is 0 Å². The number of allylic oxidation sites excluding steroid dienone is 5. The molecule has 1 amide bonds. The molecule has 4 aliphatic rings. The fourth-order valence-electron chi connectivity index (χ4n) is 5.65. The van der Waals surface area contributed by atoms with Crippen LogP contribution < -0.4 is 0 Å². The molecule has 0 bridgehead atoms. The van der Waals surface area contributed by atoms with Crippen molar-refractivity contribution in [3.05, 3.63) is 101 Å². The van der Waals surface area contributed by atoms with Crippen LogP contribution in [0.1, 0.15) is 43.9 Å². The van der Waals surface area contributed by atoms with E-state index < -0.39 is 17.8 Å². The van der Waals surface area contributed by atoms with Gasteiger partial charge >= 0.3 is 0 Å². The number of nitriles is 1. The van der Waals surface area contributed by atoms with Crippen molar-refractivity contribution in [3.8, 4) is 17.3 Å². The molecule has 3 unspecified atom stereocenters. The summed E-state index contributed by atoms with van der Waals surface area (Å²) in [7, 11) is 0. The first-order chi connectivity index (χ1) is 19.6. The number of hydrogen-bond donors (Lipinski definition) is 0. The van der Waals surface area contributed by atoms with E-state index in [1.54, 1.807) is 23.2 Å². The van der Waals surface area contributed by atoms with Gasteiger partial charge in [-0.2, -0.15) is 10.4 Å². The fourth-order valence-corrected chi connectivity index (χ4v) is 5.65. The van der Waals surface area contributed by atoms with E-state index in [9.17, 15) is 14.4 Å². The van der Waals surface area contributed by atoms with Crippen LogP contribution in [0.5, 0.6) is 0 Å². The van der Waals surface area contributed by atoms with E-state index in [0.29, 0.717) is 37.3 Å². The van der Waals surface area contributed by atoms with Crippen LogP contribution in [-0.4, -0.2) is 39.8 Å². The normalized spacial score (nSPS) is 24.6. The predicted octanol–water partition coefficient (Wildman–Crippen LogP) is 6.07. The first-order valence-corrected chi connectivity index (χ1v) is 13.9. The SMILES string of the molecule is N#CC1C=CC=C(F)C1OC1=CCC=CC2=C1C(=O)N(Cc1ccc(-c3ccnn3C3CCCCO3)cc1)CC2. The first kappa shape index (κ1) is 26.0. The summed E-state index contributed by atoms with van der Waals surface area (Å²) in [6, 6.07) is 12.3. The molecular weight excluding hydrogens is 507 g/mol. The lowest BCUT2D eigenvalue weighted by atomic mass is 9.95. The van der Waals surface area contributed by atoms with Gasteiger partial charge in [0.05, 0.1) is 17.3 Å². The van der Waals surface area contributed by atoms with Crippen molar-refractivity contribution >= 4 is 5.91 Å². The Labute approximate surface area is 233 Å². The number of rotatable bonds is 6. The predicted molar refractivity (Wildman–Crippen MR) is 148 cm³/mol. The minimum atomic E-state index is -1.07. The molecule has 6 rings (SSSR count). The lowest BCUT2D eigenvalue weighted by Gasteiger charge is -2.32. The molecule has 1 aromatic carbocycles. The number of carbonyl (C=O) groups excluding carboxylic acids is 1. The Morgan fingerprint density at radius 2 is 2.08 bits per heavy atom. The Morgan fingerprint density at radius 1 is 1.20 bits per heavy atom. The molecule has 1 saturated heterocycles. The van der Waals surface area contributed by atoms with E-state index in [4.69, 9.17) is 9.47 Å². The lowest BCUT2D eigenvalue weighted by molar-refractivity contribution is -0.128. The maximum atomic E-state index is 14.7. The monoisotopic (exact) mass is 538 g/mol. The van der Waals surface area contributed by atoms with Crippen LogP contribution in [0.4, 0.5) is 4.39 Å². The van der Waals surface area contributed by atoms with Gasteiger partial charge in [-0.25, -0.2) is 9.07 Å². The second-order valence-corrected chi connectivity index (χ2v) is 10.4. The van der Waals surface area contributed by atoms with E-state index in [0.717, 1.165) is 48.3 Å². The van der Waals surface area contributed by atoms with Gasteiger partial charge in [-0.1, -0.05) is 48.6 Å². The number of halogens is 1. The number of ether oxygens (including phenoxy) is 2. The molecule has 1 fully saturated rings. The third kappa shape index (κ3) is 5.17. The Balaban J connectivity index is 1.18. The first-order valence-electron chi connectivity index (χ1n) is 13.9. The van der Waals surface area contributed by atoms with E-state index in [1.165, 1.54) is 12.2 Å². The molecule has 1 aromatic heterocycles. The number of nitrogens with zero attached hydrogens (tertiary/aromatic N) is 4. The summed E-state index contributed by atoms with van der Waals surface area (Å²) in [6.45, 7) is 1.77. The molecule has 40 heavy (non-hydrogen) atoms. The van der Waals surface area contributed by atoms with Crippen molar-refractivity contribution in [2.75, 3.05) is 13.2 Å². The van der Waals surface area contributed by atoms with Gasteiger partial charge in [0, 0.05) is 25.9 Å². The lowest BCUT2D eigenvalue weighted by Crippen LogP contribution is -2.38. The summed E-state index contributed by atoms with van der Waals surface area (Å²) in [6.07, 6.45) is 15.3. The Morgan fingerprint density at radius 3 is 2.88 bits per heavy atom. The average molecular weight is 539 g/mol. The Hall–Kier alpha value is -4.22. The summed E-state index contributed by atoms with van der Waals surface area (Å²) in [5, 5.41) is 14.0. The van der Waals surface area contributed by atoms with Gasteiger partial charge in [0.1, 0.15) is 17.5 Å². The minimum Gasteiger partial charge on any atom is -0.481 e. The summed E-state index contributed by atoms with van der Waals surface area (Å²) >= 11 is 0. The number of benzene rings is 1. The van der Waals surface area contributed by atoms with E-state index >= 15 is 0 Å². The molecule has 3 atom stereocenters. The second-order valence-electron chi connectivity index (χ2n) is 10.4. The topological polar surface area (TPSA) is 80.4 Å². The van der Waals surface area contributed by atoms with Gasteiger partial charge < -0.3 is 14.4 Å². The van der Waals surface area contributed by atoms with Crippen molar-refractivity contribution in [1.29, 1.82) is 5.26 Å². The molecule has 2 aliphatic carbocycles. The number of hydrogen-bond acceptors (Lipinski definition) is 5. The van der Waals surface area contributed by atoms with Gasteiger partial charge in [-0.05, 0) is 67.0 Å². The third-order valence-corrected chi connectivity index (χ3v) is 7.77. The third-order valence-electron chi connectivity index (χ3n) is 7.77. The summed E-state index contributed by atoms with van der Waals surface area (Å²) in [5.74, 6) is -1.10. The van der Waals surface area contributed by atoms with Crippen LogP contribution >= 0.6 is 0 Å². The molecule has 0 N–H and O–H groups in total. The van der Waals surface area contributed by atoms with Gasteiger partial charge in [-0.3, -0.25) is 4.79 Å². The summed E-state index contributed by atoms with van der Waals surface area (Å²) in [4.78, 5) is 15.6. The molecule has 0 saturated carbocycles. The highest BCUT2D eigenvalue weighted by Crippen LogP contribution is 2.35. The molecule has 204 valence electrons. The molecule has 8 heteroatoms. The average Bonchev–Trinajstić information content (AvgIpc) is 3.39. The Bertz CT molecular complexity index is 1470. The van der Waals surface area contributed by atoms with Crippen LogP contribution in [0.25, 0.3) is 11.3 Å². The maximum Gasteiger partial charge on any atom is 0.258 e. The highest BCUT2D eigenvalue weighted by Gasteiger charge is 2.34. The fraction of sp³-hybridized carbons (Fsp3) is 0.344. The van der Waals surface area contributed by atoms with Crippen molar-refractivity contribution in [2.45, 2.75) is 51.0 Å². The van der Waals surface area contributed by atoms with E-state index in [2.05, 4.69) is 23.3 Å². The molecule has 2 aliphatic heterocycles. The zero-order valence-corrected chi connectivity index (χ0v) is 22.2.